The zero-order valence-corrected chi connectivity index (χ0v) is 15.6. The van der Waals surface area contributed by atoms with E-state index in [0.717, 1.165) is 18.4 Å². The van der Waals surface area contributed by atoms with Gasteiger partial charge in [0.15, 0.2) is 6.29 Å². The van der Waals surface area contributed by atoms with Crippen LogP contribution < -0.4 is 0 Å². The van der Waals surface area contributed by atoms with Gasteiger partial charge in [0.2, 0.25) is 0 Å². The maximum Gasteiger partial charge on any atom is 0.184 e. The van der Waals surface area contributed by atoms with E-state index < -0.39 is 0 Å². The number of unbranched alkanes of at least 4 members (excludes halogenated alkanes) is 4. The molecule has 4 atom stereocenters. The third-order valence-corrected chi connectivity index (χ3v) is 4.83. The van der Waals surface area contributed by atoms with Gasteiger partial charge in [-0.05, 0) is 12.8 Å². The standard InChI is InChI=1S/C22H34O3/c1-3-5-6-7-11-15-20-17-21(16-19(23)12-4-2)25-22(24-20)18-13-9-8-10-14-18/h4,8-10,13-14,19-23H,2-3,5-7,11-12,15-17H2,1H3/t19-,20+,21-,22+/m0/s1. The number of aliphatic hydroxyl groups excluding tert-OH is 1. The summed E-state index contributed by atoms with van der Waals surface area (Å²) in [7, 11) is 0. The van der Waals surface area contributed by atoms with Crippen molar-refractivity contribution in [2.24, 2.45) is 0 Å². The Morgan fingerprint density at radius 1 is 1.12 bits per heavy atom. The molecule has 0 aromatic heterocycles. The Balaban J connectivity index is 1.92. The lowest BCUT2D eigenvalue weighted by molar-refractivity contribution is -0.253. The highest BCUT2D eigenvalue weighted by molar-refractivity contribution is 5.16. The smallest absolute Gasteiger partial charge is 0.184 e. The topological polar surface area (TPSA) is 38.7 Å². The van der Waals surface area contributed by atoms with Crippen LogP contribution in [0.3, 0.4) is 0 Å². The molecular formula is C22H34O3. The second kappa shape index (κ2) is 11.5. The Morgan fingerprint density at radius 2 is 1.84 bits per heavy atom. The first kappa shape index (κ1) is 20.2. The average molecular weight is 347 g/mol. The van der Waals surface area contributed by atoms with Crippen LogP contribution in [0.1, 0.15) is 76.6 Å². The minimum absolute atomic E-state index is 0.0366. The lowest BCUT2D eigenvalue weighted by Gasteiger charge is -2.37. The van der Waals surface area contributed by atoms with Gasteiger partial charge >= 0.3 is 0 Å². The first-order valence-electron chi connectivity index (χ1n) is 9.87. The number of ether oxygens (including phenoxy) is 2. The molecule has 0 saturated carbocycles. The number of benzene rings is 1. The SMILES string of the molecule is C=CC[C@H](O)C[C@H]1C[C@@H](CCCCCCC)O[C@@H](c2ccccc2)O1. The molecule has 3 heteroatoms. The minimum atomic E-state index is -0.387. The van der Waals surface area contributed by atoms with Crippen LogP contribution in [-0.4, -0.2) is 23.4 Å². The lowest BCUT2D eigenvalue weighted by Crippen LogP contribution is -2.35. The van der Waals surface area contributed by atoms with Gasteiger partial charge in [-0.15, -0.1) is 6.58 Å². The normalized spacial score (nSPS) is 24.8. The molecule has 1 saturated heterocycles. The van der Waals surface area contributed by atoms with E-state index in [1.807, 2.05) is 30.3 Å². The van der Waals surface area contributed by atoms with Crippen molar-refractivity contribution in [3.8, 4) is 0 Å². The van der Waals surface area contributed by atoms with E-state index in [1.165, 1.54) is 32.1 Å². The number of aliphatic hydroxyl groups is 1. The van der Waals surface area contributed by atoms with Gasteiger partial charge in [-0.1, -0.05) is 75.4 Å². The first-order valence-corrected chi connectivity index (χ1v) is 9.87. The largest absolute Gasteiger partial charge is 0.393 e. The molecule has 0 amide bonds. The summed E-state index contributed by atoms with van der Waals surface area (Å²) >= 11 is 0. The molecule has 140 valence electrons. The van der Waals surface area contributed by atoms with Crippen molar-refractivity contribution in [2.75, 3.05) is 0 Å². The van der Waals surface area contributed by atoms with Gasteiger partial charge in [0.1, 0.15) is 0 Å². The van der Waals surface area contributed by atoms with Gasteiger partial charge in [-0.25, -0.2) is 0 Å². The van der Waals surface area contributed by atoms with E-state index >= 15 is 0 Å². The predicted molar refractivity (Wildman–Crippen MR) is 102 cm³/mol. The summed E-state index contributed by atoms with van der Waals surface area (Å²) in [5.41, 5.74) is 1.06. The molecule has 25 heavy (non-hydrogen) atoms. The third kappa shape index (κ3) is 7.31. The second-order valence-electron chi connectivity index (χ2n) is 7.11. The van der Waals surface area contributed by atoms with Crippen molar-refractivity contribution in [3.05, 3.63) is 48.6 Å². The van der Waals surface area contributed by atoms with Crippen LogP contribution in [0.2, 0.25) is 0 Å². The predicted octanol–water partition coefficient (Wildman–Crippen LogP) is 5.55. The van der Waals surface area contributed by atoms with Gasteiger partial charge in [0.05, 0.1) is 18.3 Å². The molecule has 0 aliphatic carbocycles. The van der Waals surface area contributed by atoms with Crippen molar-refractivity contribution in [1.82, 2.24) is 0 Å². The Morgan fingerprint density at radius 3 is 2.56 bits per heavy atom. The van der Waals surface area contributed by atoms with E-state index in [-0.39, 0.29) is 24.6 Å². The molecule has 1 aromatic rings. The molecule has 1 N–H and O–H groups in total. The Kier molecular flexibility index (Phi) is 9.23. The molecule has 1 aliphatic rings. The number of rotatable bonds is 11. The van der Waals surface area contributed by atoms with Crippen molar-refractivity contribution >= 4 is 0 Å². The average Bonchev–Trinajstić information content (AvgIpc) is 2.62. The Hall–Kier alpha value is -1.16. The molecule has 1 aromatic carbocycles. The maximum absolute atomic E-state index is 10.1. The van der Waals surface area contributed by atoms with Crippen LogP contribution in [0.15, 0.2) is 43.0 Å². The van der Waals surface area contributed by atoms with Crippen LogP contribution in [0.5, 0.6) is 0 Å². The van der Waals surface area contributed by atoms with Crippen LogP contribution in [0, 0.1) is 0 Å². The van der Waals surface area contributed by atoms with Gasteiger partial charge < -0.3 is 14.6 Å². The van der Waals surface area contributed by atoms with Gasteiger partial charge in [-0.3, -0.25) is 0 Å². The highest BCUT2D eigenvalue weighted by Crippen LogP contribution is 2.33. The van der Waals surface area contributed by atoms with E-state index in [2.05, 4.69) is 13.5 Å². The quantitative estimate of drug-likeness (QED) is 0.422. The van der Waals surface area contributed by atoms with E-state index in [9.17, 15) is 5.11 Å². The lowest BCUT2D eigenvalue weighted by atomic mass is 9.98. The molecule has 1 heterocycles. The van der Waals surface area contributed by atoms with Crippen molar-refractivity contribution in [2.45, 2.75) is 89.3 Å². The summed E-state index contributed by atoms with van der Waals surface area (Å²) in [5, 5.41) is 10.1. The fraction of sp³-hybridized carbons (Fsp3) is 0.636. The van der Waals surface area contributed by atoms with Crippen molar-refractivity contribution in [1.29, 1.82) is 0 Å². The van der Waals surface area contributed by atoms with E-state index in [4.69, 9.17) is 9.47 Å². The number of hydrogen-bond donors (Lipinski definition) is 1. The summed E-state index contributed by atoms with van der Waals surface area (Å²) in [6.45, 7) is 5.95. The molecule has 1 fully saturated rings. The molecule has 0 spiro atoms. The molecule has 0 unspecified atom stereocenters. The molecular weight excluding hydrogens is 312 g/mol. The fourth-order valence-corrected chi connectivity index (χ4v) is 3.46. The zero-order chi connectivity index (χ0) is 17.9. The third-order valence-electron chi connectivity index (χ3n) is 4.83. The van der Waals surface area contributed by atoms with Crippen LogP contribution >= 0.6 is 0 Å². The monoisotopic (exact) mass is 346 g/mol. The summed E-state index contributed by atoms with van der Waals surface area (Å²) in [6.07, 6.45) is 10.9. The van der Waals surface area contributed by atoms with Crippen molar-refractivity contribution in [3.63, 3.8) is 0 Å². The molecule has 0 bridgehead atoms. The minimum Gasteiger partial charge on any atom is -0.393 e. The summed E-state index contributed by atoms with van der Waals surface area (Å²) in [5.74, 6) is 0. The van der Waals surface area contributed by atoms with Crippen LogP contribution in [0.4, 0.5) is 0 Å². The number of hydrogen-bond acceptors (Lipinski definition) is 3. The summed E-state index contributed by atoms with van der Waals surface area (Å²) in [4.78, 5) is 0. The summed E-state index contributed by atoms with van der Waals surface area (Å²) < 4.78 is 12.4. The summed E-state index contributed by atoms with van der Waals surface area (Å²) in [6, 6.07) is 10.1. The Labute approximate surface area is 153 Å². The molecule has 1 aliphatic heterocycles. The fourth-order valence-electron chi connectivity index (χ4n) is 3.46. The zero-order valence-electron chi connectivity index (χ0n) is 15.6. The molecule has 3 nitrogen and oxygen atoms in total. The maximum atomic E-state index is 10.1. The van der Waals surface area contributed by atoms with E-state index in [0.29, 0.717) is 12.8 Å². The first-order chi connectivity index (χ1) is 12.2. The highest BCUT2D eigenvalue weighted by Gasteiger charge is 2.31. The van der Waals surface area contributed by atoms with Crippen LogP contribution in [-0.2, 0) is 9.47 Å². The Bertz CT molecular complexity index is 473. The van der Waals surface area contributed by atoms with Crippen LogP contribution in [0.25, 0.3) is 0 Å². The van der Waals surface area contributed by atoms with Gasteiger partial charge in [0.25, 0.3) is 0 Å². The molecule has 2 rings (SSSR count). The highest BCUT2D eigenvalue weighted by atomic mass is 16.7. The van der Waals surface area contributed by atoms with Gasteiger partial charge in [0, 0.05) is 18.4 Å². The van der Waals surface area contributed by atoms with E-state index in [1.54, 1.807) is 6.08 Å². The second-order valence-corrected chi connectivity index (χ2v) is 7.11. The van der Waals surface area contributed by atoms with Crippen molar-refractivity contribution < 1.29 is 14.6 Å². The molecule has 0 radical (unpaired) electrons. The van der Waals surface area contributed by atoms with Gasteiger partial charge in [-0.2, -0.15) is 0 Å².